The Morgan fingerprint density at radius 3 is 2.14 bits per heavy atom. The molecule has 1 aromatic rings. The fourth-order valence-electron chi connectivity index (χ4n) is 1.34. The SMILES string of the molecule is O=C(O)CCOCCOCCOS(=O)(=O)c1ccccc1. The van der Waals surface area contributed by atoms with E-state index in [0.29, 0.717) is 0 Å². The topological polar surface area (TPSA) is 99.1 Å². The number of ether oxygens (including phenoxy) is 2. The van der Waals surface area contributed by atoms with Crippen molar-refractivity contribution in [2.24, 2.45) is 0 Å². The van der Waals surface area contributed by atoms with E-state index in [9.17, 15) is 13.2 Å². The molecule has 7 nitrogen and oxygen atoms in total. The van der Waals surface area contributed by atoms with Gasteiger partial charge in [0.1, 0.15) is 0 Å². The van der Waals surface area contributed by atoms with Crippen LogP contribution in [0.3, 0.4) is 0 Å². The zero-order valence-corrected chi connectivity index (χ0v) is 12.3. The van der Waals surface area contributed by atoms with Gasteiger partial charge in [-0.25, -0.2) is 0 Å². The van der Waals surface area contributed by atoms with Crippen LogP contribution in [0.2, 0.25) is 0 Å². The minimum Gasteiger partial charge on any atom is -0.481 e. The first kappa shape index (κ1) is 17.6. The third kappa shape index (κ3) is 7.76. The minimum atomic E-state index is -3.75. The summed E-state index contributed by atoms with van der Waals surface area (Å²) in [6, 6.07) is 7.84. The van der Waals surface area contributed by atoms with E-state index in [1.807, 2.05) is 0 Å². The van der Waals surface area contributed by atoms with Gasteiger partial charge in [0, 0.05) is 0 Å². The van der Waals surface area contributed by atoms with Crippen molar-refractivity contribution in [2.45, 2.75) is 11.3 Å². The molecule has 0 atom stereocenters. The zero-order valence-electron chi connectivity index (χ0n) is 11.4. The van der Waals surface area contributed by atoms with Crippen LogP contribution in [0.25, 0.3) is 0 Å². The van der Waals surface area contributed by atoms with Gasteiger partial charge >= 0.3 is 5.97 Å². The Morgan fingerprint density at radius 2 is 1.52 bits per heavy atom. The van der Waals surface area contributed by atoms with Crippen molar-refractivity contribution in [1.29, 1.82) is 0 Å². The molecule has 0 spiro atoms. The van der Waals surface area contributed by atoms with Gasteiger partial charge in [0.15, 0.2) is 0 Å². The maximum atomic E-state index is 11.7. The minimum absolute atomic E-state index is 0.0571. The number of rotatable bonds is 11. The molecule has 1 N–H and O–H groups in total. The van der Waals surface area contributed by atoms with E-state index in [1.165, 1.54) is 12.1 Å². The van der Waals surface area contributed by atoms with Crippen molar-refractivity contribution < 1.29 is 32.0 Å². The van der Waals surface area contributed by atoms with Crippen LogP contribution >= 0.6 is 0 Å². The van der Waals surface area contributed by atoms with Crippen LogP contribution in [0.15, 0.2) is 35.2 Å². The molecule has 0 fully saturated rings. The number of carbonyl (C=O) groups is 1. The summed E-state index contributed by atoms with van der Waals surface area (Å²) in [6.07, 6.45) is -0.0571. The quantitative estimate of drug-likeness (QED) is 0.478. The largest absolute Gasteiger partial charge is 0.481 e. The summed E-state index contributed by atoms with van der Waals surface area (Å²) < 4.78 is 38.3. The Labute approximate surface area is 123 Å². The molecule has 0 saturated heterocycles. The lowest BCUT2D eigenvalue weighted by atomic mass is 10.4. The van der Waals surface area contributed by atoms with Crippen molar-refractivity contribution in [3.05, 3.63) is 30.3 Å². The molecule has 0 aliphatic carbocycles. The second-order valence-electron chi connectivity index (χ2n) is 3.96. The monoisotopic (exact) mass is 318 g/mol. The molecular weight excluding hydrogens is 300 g/mol. The van der Waals surface area contributed by atoms with Gasteiger partial charge in [-0.05, 0) is 12.1 Å². The first-order valence-corrected chi connectivity index (χ1v) is 7.75. The van der Waals surface area contributed by atoms with Crippen molar-refractivity contribution in [1.82, 2.24) is 0 Å². The fraction of sp³-hybridized carbons (Fsp3) is 0.462. The van der Waals surface area contributed by atoms with E-state index >= 15 is 0 Å². The lowest BCUT2D eigenvalue weighted by Gasteiger charge is -2.07. The third-order valence-corrected chi connectivity index (χ3v) is 3.66. The van der Waals surface area contributed by atoms with Crippen molar-refractivity contribution in [3.8, 4) is 0 Å². The molecule has 1 rings (SSSR count). The number of benzene rings is 1. The summed E-state index contributed by atoms with van der Waals surface area (Å²) in [5.41, 5.74) is 0. The fourth-order valence-corrected chi connectivity index (χ4v) is 2.25. The van der Waals surface area contributed by atoms with Gasteiger partial charge in [-0.15, -0.1) is 0 Å². The Morgan fingerprint density at radius 1 is 0.952 bits per heavy atom. The van der Waals surface area contributed by atoms with Crippen LogP contribution in [0, 0.1) is 0 Å². The molecule has 0 unspecified atom stereocenters. The van der Waals surface area contributed by atoms with Crippen LogP contribution in [-0.4, -0.2) is 52.5 Å². The maximum absolute atomic E-state index is 11.7. The first-order valence-electron chi connectivity index (χ1n) is 6.34. The highest BCUT2D eigenvalue weighted by molar-refractivity contribution is 7.86. The molecular formula is C13H18O7S. The lowest BCUT2D eigenvalue weighted by Crippen LogP contribution is -2.14. The van der Waals surface area contributed by atoms with Gasteiger partial charge in [0.25, 0.3) is 10.1 Å². The second-order valence-corrected chi connectivity index (χ2v) is 5.57. The summed E-state index contributed by atoms with van der Waals surface area (Å²) >= 11 is 0. The van der Waals surface area contributed by atoms with Crippen LogP contribution in [0.5, 0.6) is 0 Å². The summed E-state index contributed by atoms with van der Waals surface area (Å²) in [5, 5.41) is 8.37. The summed E-state index contributed by atoms with van der Waals surface area (Å²) in [5.74, 6) is -0.921. The molecule has 0 aromatic heterocycles. The van der Waals surface area contributed by atoms with Crippen LogP contribution in [0.4, 0.5) is 0 Å². The predicted octanol–water partition coefficient (Wildman–Crippen LogP) is 0.900. The third-order valence-electron chi connectivity index (χ3n) is 2.33. The number of aliphatic carboxylic acids is 1. The molecule has 0 aliphatic heterocycles. The molecule has 118 valence electrons. The zero-order chi connectivity index (χ0) is 15.6. The van der Waals surface area contributed by atoms with E-state index in [0.717, 1.165) is 0 Å². The molecule has 0 radical (unpaired) electrons. The average molecular weight is 318 g/mol. The number of hydrogen-bond acceptors (Lipinski definition) is 6. The molecule has 0 aliphatic rings. The van der Waals surface area contributed by atoms with Crippen LogP contribution < -0.4 is 0 Å². The van der Waals surface area contributed by atoms with Gasteiger partial charge < -0.3 is 14.6 Å². The highest BCUT2D eigenvalue weighted by Gasteiger charge is 2.13. The summed E-state index contributed by atoms with van der Waals surface area (Å²) in [4.78, 5) is 10.3. The lowest BCUT2D eigenvalue weighted by molar-refractivity contribution is -0.138. The predicted molar refractivity (Wildman–Crippen MR) is 73.5 cm³/mol. The van der Waals surface area contributed by atoms with Crippen molar-refractivity contribution in [2.75, 3.05) is 33.0 Å². The van der Waals surface area contributed by atoms with Gasteiger partial charge in [0.2, 0.25) is 0 Å². The van der Waals surface area contributed by atoms with Crippen LogP contribution in [-0.2, 0) is 28.6 Å². The Bertz CT molecular complexity index is 513. The van der Waals surface area contributed by atoms with Gasteiger partial charge in [-0.1, -0.05) is 18.2 Å². The Hall–Kier alpha value is -1.48. The molecule has 0 saturated carbocycles. The summed E-state index contributed by atoms with van der Waals surface area (Å²) in [7, 11) is -3.75. The Kier molecular flexibility index (Phi) is 7.91. The molecule has 8 heteroatoms. The second kappa shape index (κ2) is 9.46. The molecule has 0 amide bonds. The molecule has 0 heterocycles. The number of carboxylic acid groups (broad SMARTS) is 1. The average Bonchev–Trinajstić information content (AvgIpc) is 2.46. The van der Waals surface area contributed by atoms with E-state index < -0.39 is 16.1 Å². The number of hydrogen-bond donors (Lipinski definition) is 1. The molecule has 0 bridgehead atoms. The maximum Gasteiger partial charge on any atom is 0.305 e. The summed E-state index contributed by atoms with van der Waals surface area (Å²) in [6.45, 7) is 0.630. The van der Waals surface area contributed by atoms with Crippen molar-refractivity contribution >= 4 is 16.1 Å². The molecule has 1 aromatic carbocycles. The van der Waals surface area contributed by atoms with Crippen molar-refractivity contribution in [3.63, 3.8) is 0 Å². The Balaban J connectivity index is 2.08. The van der Waals surface area contributed by atoms with Crippen LogP contribution in [0.1, 0.15) is 6.42 Å². The van der Waals surface area contributed by atoms with E-state index in [-0.39, 0.29) is 44.4 Å². The number of carboxylic acids is 1. The highest BCUT2D eigenvalue weighted by Crippen LogP contribution is 2.10. The van der Waals surface area contributed by atoms with Gasteiger partial charge in [-0.3, -0.25) is 8.98 Å². The van der Waals surface area contributed by atoms with Gasteiger partial charge in [0.05, 0.1) is 44.4 Å². The van der Waals surface area contributed by atoms with E-state index in [1.54, 1.807) is 18.2 Å². The standard InChI is InChI=1S/C13H18O7S/c14-13(15)6-7-18-8-9-19-10-11-20-21(16,17)12-4-2-1-3-5-12/h1-5H,6-11H2,(H,14,15). The normalized spacial score (nSPS) is 11.4. The highest BCUT2D eigenvalue weighted by atomic mass is 32.2. The first-order chi connectivity index (χ1) is 10.0. The van der Waals surface area contributed by atoms with E-state index in [2.05, 4.69) is 0 Å². The van der Waals surface area contributed by atoms with E-state index in [4.69, 9.17) is 18.8 Å². The smallest absolute Gasteiger partial charge is 0.305 e. The van der Waals surface area contributed by atoms with Gasteiger partial charge in [-0.2, -0.15) is 8.42 Å². The molecule has 21 heavy (non-hydrogen) atoms.